The van der Waals surface area contributed by atoms with Crippen LogP contribution in [0.1, 0.15) is 13.8 Å². The number of aryl methyl sites for hydroxylation is 1. The molecule has 0 aromatic carbocycles. The molecule has 1 aromatic heterocycles. The largest absolute Gasteiger partial charge is 0.365 e. The highest BCUT2D eigenvalue weighted by molar-refractivity contribution is 5.32. The molecule has 0 amide bonds. The van der Waals surface area contributed by atoms with Crippen LogP contribution in [0.15, 0.2) is 6.20 Å². The molecule has 1 aromatic rings. The Balaban J connectivity index is 2.62. The van der Waals surface area contributed by atoms with Gasteiger partial charge in [-0.1, -0.05) is 19.1 Å². The quantitative estimate of drug-likeness (QED) is 0.700. The molecule has 5 nitrogen and oxygen atoms in total. The Kier molecular flexibility index (Phi) is 3.25. The highest BCUT2D eigenvalue weighted by Gasteiger charge is 2.12. The van der Waals surface area contributed by atoms with Crippen molar-refractivity contribution in [2.45, 2.75) is 19.9 Å². The van der Waals surface area contributed by atoms with Crippen LogP contribution in [0.3, 0.4) is 0 Å². The normalized spacial score (nSPS) is 13.3. The summed E-state index contributed by atoms with van der Waals surface area (Å²) < 4.78 is 1.70. The van der Waals surface area contributed by atoms with Gasteiger partial charge in [0.15, 0.2) is 0 Å². The third kappa shape index (κ3) is 2.42. The van der Waals surface area contributed by atoms with Crippen molar-refractivity contribution in [3.8, 4) is 0 Å². The van der Waals surface area contributed by atoms with Crippen molar-refractivity contribution in [2.75, 3.05) is 11.9 Å². The first-order valence-corrected chi connectivity index (χ1v) is 4.46. The molecule has 1 unspecified atom stereocenters. The van der Waals surface area contributed by atoms with E-state index in [1.165, 1.54) is 0 Å². The van der Waals surface area contributed by atoms with E-state index < -0.39 is 0 Å². The second-order valence-electron chi connectivity index (χ2n) is 3.47. The van der Waals surface area contributed by atoms with Crippen LogP contribution in [-0.4, -0.2) is 27.6 Å². The minimum atomic E-state index is 0.275. The van der Waals surface area contributed by atoms with E-state index in [1.807, 2.05) is 7.05 Å². The van der Waals surface area contributed by atoms with E-state index in [1.54, 1.807) is 10.9 Å². The topological polar surface area (TPSA) is 68.8 Å². The Morgan fingerprint density at radius 2 is 2.31 bits per heavy atom. The second kappa shape index (κ2) is 4.23. The van der Waals surface area contributed by atoms with E-state index >= 15 is 0 Å². The predicted molar refractivity (Wildman–Crippen MR) is 52.3 cm³/mol. The summed E-state index contributed by atoms with van der Waals surface area (Å²) in [6.07, 6.45) is 1.70. The fourth-order valence-electron chi connectivity index (χ4n) is 1.11. The van der Waals surface area contributed by atoms with Gasteiger partial charge < -0.3 is 11.1 Å². The Labute approximate surface area is 78.3 Å². The molecule has 0 spiro atoms. The average molecular weight is 183 g/mol. The van der Waals surface area contributed by atoms with E-state index in [0.717, 1.165) is 5.82 Å². The second-order valence-corrected chi connectivity index (χ2v) is 3.47. The number of nitrogens with two attached hydrogens (primary N) is 1. The predicted octanol–water partition coefficient (Wildman–Crippen LogP) is 0.210. The van der Waals surface area contributed by atoms with Crippen LogP contribution >= 0.6 is 0 Å². The smallest absolute Gasteiger partial charge is 0.144 e. The van der Waals surface area contributed by atoms with Gasteiger partial charge in [0.25, 0.3) is 0 Å². The van der Waals surface area contributed by atoms with Crippen LogP contribution in [-0.2, 0) is 7.05 Å². The molecule has 0 radical (unpaired) electrons. The van der Waals surface area contributed by atoms with Gasteiger partial charge in [0.05, 0.1) is 6.20 Å². The molecule has 74 valence electrons. The van der Waals surface area contributed by atoms with Crippen molar-refractivity contribution in [1.29, 1.82) is 0 Å². The molecule has 0 aliphatic heterocycles. The number of aromatic nitrogens is 3. The first kappa shape index (κ1) is 9.98. The summed E-state index contributed by atoms with van der Waals surface area (Å²) >= 11 is 0. The van der Waals surface area contributed by atoms with Crippen LogP contribution in [0, 0.1) is 5.92 Å². The zero-order valence-electron chi connectivity index (χ0n) is 8.36. The van der Waals surface area contributed by atoms with Crippen molar-refractivity contribution in [3.05, 3.63) is 6.20 Å². The molecule has 1 heterocycles. The van der Waals surface area contributed by atoms with Gasteiger partial charge in [0.1, 0.15) is 5.82 Å². The van der Waals surface area contributed by atoms with Crippen molar-refractivity contribution in [3.63, 3.8) is 0 Å². The van der Waals surface area contributed by atoms with Gasteiger partial charge in [-0.15, -0.1) is 5.10 Å². The van der Waals surface area contributed by atoms with Gasteiger partial charge in [-0.2, -0.15) is 0 Å². The van der Waals surface area contributed by atoms with Gasteiger partial charge >= 0.3 is 0 Å². The molecule has 1 rings (SSSR count). The molecular weight excluding hydrogens is 166 g/mol. The van der Waals surface area contributed by atoms with Crippen molar-refractivity contribution in [1.82, 2.24) is 15.0 Å². The van der Waals surface area contributed by atoms with Gasteiger partial charge in [-0.25, -0.2) is 4.68 Å². The Morgan fingerprint density at radius 3 is 2.69 bits per heavy atom. The Hall–Kier alpha value is -1.10. The summed E-state index contributed by atoms with van der Waals surface area (Å²) in [4.78, 5) is 0. The third-order valence-corrected chi connectivity index (χ3v) is 2.11. The minimum absolute atomic E-state index is 0.275. The fourth-order valence-corrected chi connectivity index (χ4v) is 1.11. The maximum atomic E-state index is 5.63. The van der Waals surface area contributed by atoms with Crippen molar-refractivity contribution < 1.29 is 0 Å². The molecular formula is C8H17N5. The average Bonchev–Trinajstić information content (AvgIpc) is 2.46. The SMILES string of the molecule is CC(C)C(CN)Nc1cnnn1C. The molecule has 5 heteroatoms. The lowest BCUT2D eigenvalue weighted by Gasteiger charge is -2.20. The van der Waals surface area contributed by atoms with Crippen LogP contribution in [0.2, 0.25) is 0 Å². The molecule has 0 aliphatic rings. The molecule has 0 bridgehead atoms. The lowest BCUT2D eigenvalue weighted by Crippen LogP contribution is -2.34. The van der Waals surface area contributed by atoms with Crippen molar-refractivity contribution >= 4 is 5.82 Å². The lowest BCUT2D eigenvalue weighted by atomic mass is 10.1. The lowest BCUT2D eigenvalue weighted by molar-refractivity contribution is 0.526. The van der Waals surface area contributed by atoms with Gasteiger partial charge in [0, 0.05) is 19.6 Å². The summed E-state index contributed by atoms with van der Waals surface area (Å²) in [5, 5.41) is 10.9. The van der Waals surface area contributed by atoms with Gasteiger partial charge in [-0.05, 0) is 5.92 Å². The zero-order chi connectivity index (χ0) is 9.84. The van der Waals surface area contributed by atoms with E-state index in [0.29, 0.717) is 12.5 Å². The summed E-state index contributed by atoms with van der Waals surface area (Å²) in [6, 6.07) is 0.275. The van der Waals surface area contributed by atoms with E-state index in [4.69, 9.17) is 5.73 Å². The van der Waals surface area contributed by atoms with Gasteiger partial charge in [0.2, 0.25) is 0 Å². The number of nitrogens with one attached hydrogen (secondary N) is 1. The third-order valence-electron chi connectivity index (χ3n) is 2.11. The molecule has 0 saturated carbocycles. The highest BCUT2D eigenvalue weighted by Crippen LogP contribution is 2.08. The molecule has 13 heavy (non-hydrogen) atoms. The monoisotopic (exact) mass is 183 g/mol. The number of hydrogen-bond acceptors (Lipinski definition) is 4. The highest BCUT2D eigenvalue weighted by atomic mass is 15.4. The molecule has 0 aliphatic carbocycles. The molecule has 0 saturated heterocycles. The number of nitrogens with zero attached hydrogens (tertiary/aromatic N) is 3. The molecule has 3 N–H and O–H groups in total. The standard InChI is InChI=1S/C8H17N5/c1-6(2)7(4-9)11-8-5-10-12-13(8)3/h5-7,11H,4,9H2,1-3H3. The Morgan fingerprint density at radius 1 is 1.62 bits per heavy atom. The molecule has 0 fully saturated rings. The van der Waals surface area contributed by atoms with Crippen LogP contribution in [0.25, 0.3) is 0 Å². The zero-order valence-corrected chi connectivity index (χ0v) is 8.36. The van der Waals surface area contributed by atoms with Crippen LogP contribution < -0.4 is 11.1 Å². The van der Waals surface area contributed by atoms with Crippen LogP contribution in [0.5, 0.6) is 0 Å². The van der Waals surface area contributed by atoms with E-state index in [-0.39, 0.29) is 6.04 Å². The number of hydrogen-bond donors (Lipinski definition) is 2. The Bertz CT molecular complexity index is 255. The summed E-state index contributed by atoms with van der Waals surface area (Å²) in [6.45, 7) is 4.88. The van der Waals surface area contributed by atoms with Crippen molar-refractivity contribution in [2.24, 2.45) is 18.7 Å². The number of rotatable bonds is 4. The van der Waals surface area contributed by atoms with Crippen LogP contribution in [0.4, 0.5) is 5.82 Å². The fraction of sp³-hybridized carbons (Fsp3) is 0.750. The first-order chi connectivity index (χ1) is 6.15. The molecule has 1 atom stereocenters. The summed E-state index contributed by atoms with van der Waals surface area (Å²) in [5.74, 6) is 1.41. The van der Waals surface area contributed by atoms with E-state index in [9.17, 15) is 0 Å². The number of anilines is 1. The maximum absolute atomic E-state index is 5.63. The maximum Gasteiger partial charge on any atom is 0.144 e. The summed E-state index contributed by atoms with van der Waals surface area (Å²) in [7, 11) is 1.85. The first-order valence-electron chi connectivity index (χ1n) is 4.46. The van der Waals surface area contributed by atoms with E-state index in [2.05, 4.69) is 29.5 Å². The van der Waals surface area contributed by atoms with Gasteiger partial charge in [-0.3, -0.25) is 0 Å². The summed E-state index contributed by atoms with van der Waals surface area (Å²) in [5.41, 5.74) is 5.63. The minimum Gasteiger partial charge on any atom is -0.365 e.